The van der Waals surface area contributed by atoms with Gasteiger partial charge in [0.1, 0.15) is 11.8 Å². The van der Waals surface area contributed by atoms with Crippen LogP contribution in [0.3, 0.4) is 0 Å². The number of halogens is 1. The number of imidazole rings is 1. The quantitative estimate of drug-likeness (QED) is 0.422. The molecule has 0 saturated heterocycles. The molecule has 0 bridgehead atoms. The summed E-state index contributed by atoms with van der Waals surface area (Å²) in [5.74, 6) is 0.670. The van der Waals surface area contributed by atoms with Crippen LogP contribution in [0.25, 0.3) is 16.9 Å². The van der Waals surface area contributed by atoms with Gasteiger partial charge in [-0.05, 0) is 43.7 Å². The Labute approximate surface area is 184 Å². The van der Waals surface area contributed by atoms with Gasteiger partial charge >= 0.3 is 0 Å². The maximum Gasteiger partial charge on any atom is 0.182 e. The van der Waals surface area contributed by atoms with Gasteiger partial charge in [-0.1, -0.05) is 41.9 Å². The van der Waals surface area contributed by atoms with Crippen molar-refractivity contribution in [1.82, 2.24) is 29.3 Å². The lowest BCUT2D eigenvalue weighted by Crippen LogP contribution is -2.06. The van der Waals surface area contributed by atoms with Crippen LogP contribution in [0, 0.1) is 13.8 Å². The van der Waals surface area contributed by atoms with E-state index >= 15 is 0 Å². The third-order valence-corrected chi connectivity index (χ3v) is 5.29. The smallest absolute Gasteiger partial charge is 0.182 e. The highest BCUT2D eigenvalue weighted by Gasteiger charge is 2.15. The van der Waals surface area contributed by atoms with Crippen LogP contribution < -0.4 is 5.32 Å². The van der Waals surface area contributed by atoms with Gasteiger partial charge in [0.05, 0.1) is 23.4 Å². The number of rotatable bonds is 5. The van der Waals surface area contributed by atoms with Gasteiger partial charge in [0.15, 0.2) is 11.5 Å². The molecular weight excluding hydrogens is 410 g/mol. The topological polar surface area (TPSA) is 73.5 Å². The molecule has 7 nitrogen and oxygen atoms in total. The standard InChI is InChI=1S/C23H20ClN7/c1-15-10-16(2)31(29-15)20-11-18(24)8-9-19(20)28-23-21-22(25-13-26-23)27-14-30(21)12-17-6-4-3-5-7-17/h3-11,13-14H,12H2,1-2H3,(H,25,26,28). The minimum Gasteiger partial charge on any atom is -0.337 e. The summed E-state index contributed by atoms with van der Waals surface area (Å²) in [5, 5.41) is 8.71. The first-order valence-corrected chi connectivity index (χ1v) is 10.3. The highest BCUT2D eigenvalue weighted by atomic mass is 35.5. The average molecular weight is 430 g/mol. The average Bonchev–Trinajstić information content (AvgIpc) is 3.33. The molecule has 0 radical (unpaired) electrons. The number of benzene rings is 2. The normalized spacial score (nSPS) is 11.2. The van der Waals surface area contributed by atoms with Crippen LogP contribution in [0.2, 0.25) is 5.02 Å². The zero-order valence-electron chi connectivity index (χ0n) is 17.1. The lowest BCUT2D eigenvalue weighted by molar-refractivity contribution is 0.823. The van der Waals surface area contributed by atoms with Crippen molar-refractivity contribution < 1.29 is 0 Å². The number of hydrogen-bond donors (Lipinski definition) is 1. The van der Waals surface area contributed by atoms with Crippen LogP contribution in [-0.2, 0) is 6.54 Å². The maximum atomic E-state index is 6.31. The maximum absolute atomic E-state index is 6.31. The van der Waals surface area contributed by atoms with Gasteiger partial charge in [-0.15, -0.1) is 0 Å². The van der Waals surface area contributed by atoms with E-state index in [1.54, 1.807) is 6.33 Å². The fraction of sp³-hybridized carbons (Fsp3) is 0.130. The molecule has 2 aromatic carbocycles. The van der Waals surface area contributed by atoms with Crippen molar-refractivity contribution in [3.05, 3.63) is 89.2 Å². The molecule has 0 unspecified atom stereocenters. The first-order valence-electron chi connectivity index (χ1n) is 9.88. The third-order valence-electron chi connectivity index (χ3n) is 5.06. The second-order valence-corrected chi connectivity index (χ2v) is 7.81. The van der Waals surface area contributed by atoms with E-state index in [9.17, 15) is 0 Å². The van der Waals surface area contributed by atoms with Crippen LogP contribution >= 0.6 is 11.6 Å². The molecule has 0 atom stereocenters. The minimum atomic E-state index is 0.634. The highest BCUT2D eigenvalue weighted by Crippen LogP contribution is 2.30. The Hall–Kier alpha value is -3.71. The van der Waals surface area contributed by atoms with Crippen LogP contribution in [0.5, 0.6) is 0 Å². The van der Waals surface area contributed by atoms with E-state index in [0.29, 0.717) is 23.0 Å². The molecule has 0 amide bonds. The van der Waals surface area contributed by atoms with Crippen molar-refractivity contribution in [2.45, 2.75) is 20.4 Å². The molecular formula is C23H20ClN7. The number of aryl methyl sites for hydroxylation is 2. The minimum absolute atomic E-state index is 0.634. The largest absolute Gasteiger partial charge is 0.337 e. The van der Waals surface area contributed by atoms with Gasteiger partial charge in [-0.3, -0.25) is 0 Å². The number of fused-ring (bicyclic) bond motifs is 1. The first kappa shape index (κ1) is 19.3. The summed E-state index contributed by atoms with van der Waals surface area (Å²) in [7, 11) is 0. The van der Waals surface area contributed by atoms with Gasteiger partial charge in [0, 0.05) is 17.3 Å². The summed E-state index contributed by atoms with van der Waals surface area (Å²) in [4.78, 5) is 13.3. The monoisotopic (exact) mass is 429 g/mol. The van der Waals surface area contributed by atoms with Crippen LogP contribution in [0.1, 0.15) is 17.0 Å². The SMILES string of the molecule is Cc1cc(C)n(-c2cc(Cl)ccc2Nc2ncnc3ncn(Cc4ccccc4)c23)n1. The molecule has 5 rings (SSSR count). The van der Waals surface area contributed by atoms with Crippen LogP contribution in [-0.4, -0.2) is 29.3 Å². The Kier molecular flexibility index (Phi) is 4.88. The number of hydrogen-bond acceptors (Lipinski definition) is 5. The molecule has 31 heavy (non-hydrogen) atoms. The van der Waals surface area contributed by atoms with Gasteiger partial charge in [-0.25, -0.2) is 19.6 Å². The van der Waals surface area contributed by atoms with E-state index in [0.717, 1.165) is 28.3 Å². The molecule has 1 N–H and O–H groups in total. The molecule has 8 heteroatoms. The molecule has 0 aliphatic rings. The zero-order chi connectivity index (χ0) is 21.4. The van der Waals surface area contributed by atoms with Gasteiger partial charge in [0.25, 0.3) is 0 Å². The van der Waals surface area contributed by atoms with E-state index in [2.05, 4.69) is 37.5 Å². The summed E-state index contributed by atoms with van der Waals surface area (Å²) >= 11 is 6.31. The molecule has 0 aliphatic carbocycles. The highest BCUT2D eigenvalue weighted by molar-refractivity contribution is 6.30. The number of aromatic nitrogens is 6. The molecule has 5 aromatic rings. The Morgan fingerprint density at radius 2 is 1.81 bits per heavy atom. The van der Waals surface area contributed by atoms with Crippen molar-refractivity contribution in [3.63, 3.8) is 0 Å². The molecule has 3 aromatic heterocycles. The second-order valence-electron chi connectivity index (χ2n) is 7.38. The molecule has 3 heterocycles. The lowest BCUT2D eigenvalue weighted by atomic mass is 10.2. The fourth-order valence-electron chi connectivity index (χ4n) is 3.69. The van der Waals surface area contributed by atoms with E-state index in [4.69, 9.17) is 11.6 Å². The fourth-order valence-corrected chi connectivity index (χ4v) is 3.85. The van der Waals surface area contributed by atoms with E-state index < -0.39 is 0 Å². The Morgan fingerprint density at radius 3 is 2.58 bits per heavy atom. The van der Waals surface area contributed by atoms with E-state index in [-0.39, 0.29) is 0 Å². The van der Waals surface area contributed by atoms with Crippen LogP contribution in [0.4, 0.5) is 11.5 Å². The number of nitrogens with zero attached hydrogens (tertiary/aromatic N) is 6. The summed E-state index contributed by atoms with van der Waals surface area (Å²) in [6.45, 7) is 4.66. The Morgan fingerprint density at radius 1 is 0.968 bits per heavy atom. The molecule has 154 valence electrons. The van der Waals surface area contributed by atoms with Crippen molar-refractivity contribution >= 4 is 34.3 Å². The van der Waals surface area contributed by atoms with E-state index in [1.807, 2.05) is 65.6 Å². The number of anilines is 2. The number of nitrogens with one attached hydrogen (secondary N) is 1. The van der Waals surface area contributed by atoms with E-state index in [1.165, 1.54) is 11.9 Å². The third kappa shape index (κ3) is 3.75. The predicted octanol–water partition coefficient (Wildman–Crippen LogP) is 5.07. The van der Waals surface area contributed by atoms with Crippen molar-refractivity contribution in [2.75, 3.05) is 5.32 Å². The van der Waals surface area contributed by atoms with Gasteiger partial charge < -0.3 is 9.88 Å². The van der Waals surface area contributed by atoms with Gasteiger partial charge in [-0.2, -0.15) is 5.10 Å². The zero-order valence-corrected chi connectivity index (χ0v) is 17.9. The van der Waals surface area contributed by atoms with Crippen LogP contribution in [0.15, 0.2) is 67.3 Å². The summed E-state index contributed by atoms with van der Waals surface area (Å²) in [5.41, 5.74) is 6.28. The summed E-state index contributed by atoms with van der Waals surface area (Å²) in [6.07, 6.45) is 3.31. The summed E-state index contributed by atoms with van der Waals surface area (Å²) in [6, 6.07) is 17.9. The van der Waals surface area contributed by atoms with Gasteiger partial charge in [0.2, 0.25) is 0 Å². The Balaban J connectivity index is 1.59. The molecule has 0 saturated carbocycles. The van der Waals surface area contributed by atoms with Crippen molar-refractivity contribution in [3.8, 4) is 5.69 Å². The lowest BCUT2D eigenvalue weighted by Gasteiger charge is -2.15. The first-order chi connectivity index (χ1) is 15.1. The van der Waals surface area contributed by atoms with Crippen molar-refractivity contribution in [1.29, 1.82) is 0 Å². The molecule has 0 spiro atoms. The van der Waals surface area contributed by atoms with Crippen molar-refractivity contribution in [2.24, 2.45) is 0 Å². The Bertz CT molecular complexity index is 1370. The predicted molar refractivity (Wildman–Crippen MR) is 122 cm³/mol. The summed E-state index contributed by atoms with van der Waals surface area (Å²) < 4.78 is 3.93. The molecule has 0 fully saturated rings. The molecule has 0 aliphatic heterocycles. The second kappa shape index (κ2) is 7.85.